The van der Waals surface area contributed by atoms with Crippen molar-refractivity contribution in [2.45, 2.75) is 6.61 Å². The van der Waals surface area contributed by atoms with Gasteiger partial charge in [0.1, 0.15) is 12.4 Å². The number of hydrogen-bond acceptors (Lipinski definition) is 3. The van der Waals surface area contributed by atoms with Gasteiger partial charge < -0.3 is 10.5 Å². The van der Waals surface area contributed by atoms with Crippen molar-refractivity contribution in [3.63, 3.8) is 0 Å². The SMILES string of the molecule is NCC#Cc1ccsc1COc1ccc(Cl)cc1. The van der Waals surface area contributed by atoms with Crippen LogP contribution in [0.4, 0.5) is 0 Å². The maximum absolute atomic E-state index is 5.81. The molecule has 4 heteroatoms. The normalized spacial score (nSPS) is 9.67. The number of thiophene rings is 1. The van der Waals surface area contributed by atoms with E-state index < -0.39 is 0 Å². The lowest BCUT2D eigenvalue weighted by atomic mass is 10.2. The Kier molecular flexibility index (Phi) is 4.66. The Morgan fingerprint density at radius 1 is 1.22 bits per heavy atom. The minimum atomic E-state index is 0.368. The molecule has 0 spiro atoms. The standard InChI is InChI=1S/C14H12ClNOS/c15-12-3-5-13(6-4-12)17-10-14-11(2-1-8-16)7-9-18-14/h3-7,9H,8,10,16H2. The molecule has 2 aromatic rings. The van der Waals surface area contributed by atoms with E-state index in [0.717, 1.165) is 16.2 Å². The topological polar surface area (TPSA) is 35.2 Å². The van der Waals surface area contributed by atoms with Crippen molar-refractivity contribution in [3.05, 3.63) is 51.2 Å². The van der Waals surface area contributed by atoms with Gasteiger partial charge in [0.2, 0.25) is 0 Å². The van der Waals surface area contributed by atoms with Crippen molar-refractivity contribution in [1.82, 2.24) is 0 Å². The summed E-state index contributed by atoms with van der Waals surface area (Å²) in [5.41, 5.74) is 6.35. The van der Waals surface area contributed by atoms with Gasteiger partial charge in [0.05, 0.1) is 11.4 Å². The van der Waals surface area contributed by atoms with E-state index in [0.29, 0.717) is 18.2 Å². The van der Waals surface area contributed by atoms with Crippen LogP contribution in [0.3, 0.4) is 0 Å². The average molecular weight is 278 g/mol. The number of halogens is 1. The van der Waals surface area contributed by atoms with Crippen LogP contribution >= 0.6 is 22.9 Å². The molecule has 18 heavy (non-hydrogen) atoms. The third-order valence-electron chi connectivity index (χ3n) is 2.25. The third-order valence-corrected chi connectivity index (χ3v) is 3.40. The van der Waals surface area contributed by atoms with Crippen LogP contribution in [0.1, 0.15) is 10.4 Å². The molecule has 1 aromatic heterocycles. The molecule has 1 heterocycles. The monoisotopic (exact) mass is 277 g/mol. The molecule has 0 amide bonds. The summed E-state index contributed by atoms with van der Waals surface area (Å²) in [7, 11) is 0. The summed E-state index contributed by atoms with van der Waals surface area (Å²) in [6.45, 7) is 0.876. The van der Waals surface area contributed by atoms with Crippen LogP contribution in [0.25, 0.3) is 0 Å². The average Bonchev–Trinajstić information content (AvgIpc) is 2.83. The van der Waals surface area contributed by atoms with E-state index in [4.69, 9.17) is 22.1 Å². The van der Waals surface area contributed by atoms with E-state index >= 15 is 0 Å². The molecular weight excluding hydrogens is 266 g/mol. The molecule has 1 aromatic carbocycles. The zero-order valence-electron chi connectivity index (χ0n) is 9.65. The first-order valence-corrected chi connectivity index (χ1v) is 6.69. The zero-order valence-corrected chi connectivity index (χ0v) is 11.2. The molecule has 0 radical (unpaired) electrons. The lowest BCUT2D eigenvalue weighted by Gasteiger charge is -2.05. The molecule has 2 N–H and O–H groups in total. The van der Waals surface area contributed by atoms with E-state index in [1.165, 1.54) is 0 Å². The van der Waals surface area contributed by atoms with Gasteiger partial charge in [-0.05, 0) is 35.7 Å². The molecule has 2 rings (SSSR count). The molecule has 0 fully saturated rings. The van der Waals surface area contributed by atoms with E-state index in [2.05, 4.69) is 11.8 Å². The van der Waals surface area contributed by atoms with Gasteiger partial charge in [-0.1, -0.05) is 23.4 Å². The number of benzene rings is 1. The summed E-state index contributed by atoms with van der Waals surface area (Å²) in [6.07, 6.45) is 0. The Morgan fingerprint density at radius 3 is 2.72 bits per heavy atom. The molecule has 92 valence electrons. The summed E-state index contributed by atoms with van der Waals surface area (Å²) in [5.74, 6) is 6.68. The van der Waals surface area contributed by atoms with Crippen LogP contribution in [-0.4, -0.2) is 6.54 Å². The molecule has 0 atom stereocenters. The first kappa shape index (κ1) is 13.0. The number of rotatable bonds is 3. The molecule has 0 saturated heterocycles. The molecule has 0 aliphatic carbocycles. The zero-order chi connectivity index (χ0) is 12.8. The molecule has 0 unspecified atom stereocenters. The number of hydrogen-bond donors (Lipinski definition) is 1. The highest BCUT2D eigenvalue weighted by molar-refractivity contribution is 7.10. The Balaban J connectivity index is 2.02. The minimum Gasteiger partial charge on any atom is -0.488 e. The second kappa shape index (κ2) is 6.46. The highest BCUT2D eigenvalue weighted by Crippen LogP contribution is 2.20. The highest BCUT2D eigenvalue weighted by Gasteiger charge is 2.03. The van der Waals surface area contributed by atoms with E-state index in [-0.39, 0.29) is 0 Å². The van der Waals surface area contributed by atoms with Crippen LogP contribution in [0.2, 0.25) is 5.02 Å². The predicted octanol–water partition coefficient (Wildman–Crippen LogP) is 3.29. The summed E-state index contributed by atoms with van der Waals surface area (Å²) in [4.78, 5) is 1.10. The second-order valence-electron chi connectivity index (χ2n) is 3.51. The molecule has 0 aliphatic rings. The van der Waals surface area contributed by atoms with Crippen LogP contribution in [0.5, 0.6) is 5.75 Å². The molecular formula is C14H12ClNOS. The van der Waals surface area contributed by atoms with E-state index in [9.17, 15) is 0 Å². The molecule has 0 aliphatic heterocycles. The Morgan fingerprint density at radius 2 is 2.00 bits per heavy atom. The van der Waals surface area contributed by atoms with Crippen molar-refractivity contribution in [2.24, 2.45) is 5.73 Å². The van der Waals surface area contributed by atoms with Gasteiger partial charge in [-0.15, -0.1) is 11.3 Å². The summed E-state index contributed by atoms with van der Waals surface area (Å²) in [6, 6.07) is 9.29. The van der Waals surface area contributed by atoms with Gasteiger partial charge in [0, 0.05) is 10.6 Å². The van der Waals surface area contributed by atoms with Crippen molar-refractivity contribution in [3.8, 4) is 17.6 Å². The van der Waals surface area contributed by atoms with E-state index in [1.807, 2.05) is 23.6 Å². The lowest BCUT2D eigenvalue weighted by molar-refractivity contribution is 0.309. The van der Waals surface area contributed by atoms with Gasteiger partial charge in [-0.2, -0.15) is 0 Å². The highest BCUT2D eigenvalue weighted by atomic mass is 35.5. The lowest BCUT2D eigenvalue weighted by Crippen LogP contribution is -1.96. The van der Waals surface area contributed by atoms with E-state index in [1.54, 1.807) is 23.5 Å². The van der Waals surface area contributed by atoms with Gasteiger partial charge >= 0.3 is 0 Å². The van der Waals surface area contributed by atoms with Crippen molar-refractivity contribution in [2.75, 3.05) is 6.54 Å². The minimum absolute atomic E-state index is 0.368. The number of ether oxygens (including phenoxy) is 1. The summed E-state index contributed by atoms with van der Waals surface area (Å²) >= 11 is 7.44. The maximum atomic E-state index is 5.81. The second-order valence-corrected chi connectivity index (χ2v) is 4.94. The Bertz CT molecular complexity index is 565. The third kappa shape index (κ3) is 3.51. The Labute approximate surface area is 115 Å². The van der Waals surface area contributed by atoms with Crippen LogP contribution in [0, 0.1) is 11.8 Å². The number of nitrogens with two attached hydrogens (primary N) is 1. The maximum Gasteiger partial charge on any atom is 0.124 e. The first-order valence-electron chi connectivity index (χ1n) is 5.43. The van der Waals surface area contributed by atoms with Gasteiger partial charge in [-0.25, -0.2) is 0 Å². The molecule has 0 saturated carbocycles. The van der Waals surface area contributed by atoms with Crippen LogP contribution in [-0.2, 0) is 6.61 Å². The van der Waals surface area contributed by atoms with Gasteiger partial charge in [0.15, 0.2) is 0 Å². The predicted molar refractivity (Wildman–Crippen MR) is 76.0 cm³/mol. The molecule has 0 bridgehead atoms. The van der Waals surface area contributed by atoms with Crippen LogP contribution in [0.15, 0.2) is 35.7 Å². The molecule has 2 nitrogen and oxygen atoms in total. The van der Waals surface area contributed by atoms with Crippen molar-refractivity contribution < 1.29 is 4.74 Å². The first-order chi connectivity index (χ1) is 8.79. The fraction of sp³-hybridized carbons (Fsp3) is 0.143. The summed E-state index contributed by atoms with van der Waals surface area (Å²) in [5, 5.41) is 2.70. The fourth-order valence-electron chi connectivity index (χ4n) is 1.39. The van der Waals surface area contributed by atoms with Gasteiger partial charge in [0.25, 0.3) is 0 Å². The smallest absolute Gasteiger partial charge is 0.124 e. The Hall–Kier alpha value is -1.47. The van der Waals surface area contributed by atoms with Gasteiger partial charge in [-0.3, -0.25) is 0 Å². The largest absolute Gasteiger partial charge is 0.488 e. The fourth-order valence-corrected chi connectivity index (χ4v) is 2.26. The summed E-state index contributed by atoms with van der Waals surface area (Å²) < 4.78 is 5.68. The quantitative estimate of drug-likeness (QED) is 0.874. The van der Waals surface area contributed by atoms with Crippen LogP contribution < -0.4 is 10.5 Å². The van der Waals surface area contributed by atoms with Crippen molar-refractivity contribution >= 4 is 22.9 Å². The van der Waals surface area contributed by atoms with Crippen molar-refractivity contribution in [1.29, 1.82) is 0 Å².